The Hall–Kier alpha value is -1.61. The number of hydrogen-bond donors (Lipinski definition) is 1. The summed E-state index contributed by atoms with van der Waals surface area (Å²) in [6, 6.07) is 7.32. The quantitative estimate of drug-likeness (QED) is 0.776. The highest BCUT2D eigenvalue weighted by Crippen LogP contribution is 2.22. The summed E-state index contributed by atoms with van der Waals surface area (Å²) in [6.07, 6.45) is 1.74. The van der Waals surface area contributed by atoms with E-state index < -0.39 is 0 Å². The highest BCUT2D eigenvalue weighted by Gasteiger charge is 2.28. The van der Waals surface area contributed by atoms with E-state index >= 15 is 0 Å². The first kappa shape index (κ1) is 12.8. The van der Waals surface area contributed by atoms with Crippen molar-refractivity contribution in [2.75, 3.05) is 0 Å². The van der Waals surface area contributed by atoms with Crippen LogP contribution >= 0.6 is 11.6 Å². The van der Waals surface area contributed by atoms with E-state index in [9.17, 15) is 4.79 Å². The monoisotopic (exact) mass is 262 g/mol. The second-order valence-corrected chi connectivity index (χ2v) is 5.69. The lowest BCUT2D eigenvalue weighted by Gasteiger charge is -2.16. The lowest BCUT2D eigenvalue weighted by molar-refractivity contribution is -0.115. The Morgan fingerprint density at radius 1 is 1.33 bits per heavy atom. The maximum atomic E-state index is 11.8. The fraction of sp³-hybridized carbons (Fsp3) is 0.286. The van der Waals surface area contributed by atoms with Gasteiger partial charge in [-0.2, -0.15) is 0 Å². The molecule has 4 heteroatoms. The van der Waals surface area contributed by atoms with Gasteiger partial charge in [-0.05, 0) is 23.8 Å². The van der Waals surface area contributed by atoms with E-state index in [4.69, 9.17) is 11.6 Å². The molecule has 3 nitrogen and oxygen atoms in total. The summed E-state index contributed by atoms with van der Waals surface area (Å²) >= 11 is 5.90. The highest BCUT2D eigenvalue weighted by atomic mass is 35.5. The zero-order valence-corrected chi connectivity index (χ0v) is 11.4. The van der Waals surface area contributed by atoms with Crippen LogP contribution in [0.4, 0.5) is 0 Å². The number of amides is 1. The van der Waals surface area contributed by atoms with Gasteiger partial charge in [0.25, 0.3) is 5.91 Å². The van der Waals surface area contributed by atoms with Crippen LogP contribution in [0.15, 0.2) is 35.0 Å². The van der Waals surface area contributed by atoms with Gasteiger partial charge in [-0.1, -0.05) is 44.5 Å². The molecule has 0 aliphatic carbocycles. The van der Waals surface area contributed by atoms with Crippen molar-refractivity contribution in [1.82, 2.24) is 5.32 Å². The van der Waals surface area contributed by atoms with E-state index in [1.807, 2.05) is 32.9 Å². The van der Waals surface area contributed by atoms with E-state index in [0.29, 0.717) is 16.6 Å². The van der Waals surface area contributed by atoms with Crippen LogP contribution in [-0.2, 0) is 4.79 Å². The topological polar surface area (TPSA) is 41.5 Å². The molecule has 1 aromatic carbocycles. The second-order valence-electron chi connectivity index (χ2n) is 5.25. The third-order valence-corrected chi connectivity index (χ3v) is 2.79. The average Bonchev–Trinajstić information content (AvgIpc) is 2.60. The Morgan fingerprint density at radius 3 is 2.61 bits per heavy atom. The molecule has 1 aromatic rings. The van der Waals surface area contributed by atoms with Crippen molar-refractivity contribution in [2.24, 2.45) is 10.4 Å². The first-order chi connectivity index (χ1) is 8.36. The summed E-state index contributed by atoms with van der Waals surface area (Å²) in [4.78, 5) is 16.1. The SMILES string of the molecule is CC(C)(C)C1=N/C(=C/c2cccc(Cl)c2)C(=O)N1. The van der Waals surface area contributed by atoms with Gasteiger partial charge in [0.2, 0.25) is 0 Å². The number of rotatable bonds is 1. The molecule has 0 aromatic heterocycles. The summed E-state index contributed by atoms with van der Waals surface area (Å²) in [6.45, 7) is 6.03. The van der Waals surface area contributed by atoms with Gasteiger partial charge in [0.1, 0.15) is 11.5 Å². The molecule has 1 heterocycles. The Morgan fingerprint density at radius 2 is 2.06 bits per heavy atom. The van der Waals surface area contributed by atoms with Gasteiger partial charge in [-0.15, -0.1) is 0 Å². The average molecular weight is 263 g/mol. The molecule has 0 saturated carbocycles. The van der Waals surface area contributed by atoms with Crippen LogP contribution in [0.5, 0.6) is 0 Å². The van der Waals surface area contributed by atoms with Crippen LogP contribution in [0.1, 0.15) is 26.3 Å². The van der Waals surface area contributed by atoms with Gasteiger partial charge in [-0.25, -0.2) is 4.99 Å². The molecule has 0 atom stereocenters. The predicted octanol–water partition coefficient (Wildman–Crippen LogP) is 3.26. The summed E-state index contributed by atoms with van der Waals surface area (Å²) < 4.78 is 0. The second kappa shape index (κ2) is 4.58. The van der Waals surface area contributed by atoms with Gasteiger partial charge in [0.15, 0.2) is 0 Å². The maximum Gasteiger partial charge on any atom is 0.275 e. The van der Waals surface area contributed by atoms with Crippen molar-refractivity contribution < 1.29 is 4.79 Å². The largest absolute Gasteiger partial charge is 0.308 e. The highest BCUT2D eigenvalue weighted by molar-refractivity contribution is 6.30. The zero-order chi connectivity index (χ0) is 13.3. The Labute approximate surface area is 112 Å². The number of amidine groups is 1. The van der Waals surface area contributed by atoms with E-state index in [1.165, 1.54) is 0 Å². The van der Waals surface area contributed by atoms with Crippen molar-refractivity contribution in [3.05, 3.63) is 40.5 Å². The summed E-state index contributed by atoms with van der Waals surface area (Å²) in [5.41, 5.74) is 1.12. The first-order valence-electron chi connectivity index (χ1n) is 5.74. The lowest BCUT2D eigenvalue weighted by Crippen LogP contribution is -2.34. The minimum absolute atomic E-state index is 0.167. The number of hydrogen-bond acceptors (Lipinski definition) is 2. The van der Waals surface area contributed by atoms with Crippen molar-refractivity contribution in [1.29, 1.82) is 0 Å². The summed E-state index contributed by atoms with van der Waals surface area (Å²) in [5, 5.41) is 3.43. The van der Waals surface area contributed by atoms with Gasteiger partial charge in [0, 0.05) is 10.4 Å². The Balaban J connectivity index is 2.34. The molecule has 1 aliphatic heterocycles. The fourth-order valence-corrected chi connectivity index (χ4v) is 1.78. The van der Waals surface area contributed by atoms with Crippen LogP contribution < -0.4 is 5.32 Å². The standard InChI is InChI=1S/C14H15ClN2O/c1-14(2,3)13-16-11(12(18)17-13)8-9-5-4-6-10(15)7-9/h4-8H,1-3H3,(H,16,17,18)/b11-8+. The molecule has 1 N–H and O–H groups in total. The lowest BCUT2D eigenvalue weighted by atomic mass is 9.95. The normalized spacial score (nSPS) is 17.9. The molecular formula is C14H15ClN2O. The van der Waals surface area contributed by atoms with Gasteiger partial charge >= 0.3 is 0 Å². The van der Waals surface area contributed by atoms with Crippen LogP contribution in [0, 0.1) is 5.41 Å². The van der Waals surface area contributed by atoms with Crippen LogP contribution in [0.3, 0.4) is 0 Å². The number of carbonyl (C=O) groups is 1. The minimum atomic E-state index is -0.167. The van der Waals surface area contributed by atoms with Crippen molar-refractivity contribution in [3.63, 3.8) is 0 Å². The number of halogens is 1. The Kier molecular flexibility index (Phi) is 3.26. The Bertz CT molecular complexity index is 553. The molecule has 0 fully saturated rings. The molecule has 2 rings (SSSR count). The first-order valence-corrected chi connectivity index (χ1v) is 6.12. The van der Waals surface area contributed by atoms with E-state index in [1.54, 1.807) is 18.2 Å². The van der Waals surface area contributed by atoms with E-state index in [0.717, 1.165) is 5.56 Å². The van der Waals surface area contributed by atoms with E-state index in [2.05, 4.69) is 10.3 Å². The van der Waals surface area contributed by atoms with Crippen LogP contribution in [0.25, 0.3) is 6.08 Å². The number of nitrogens with one attached hydrogen (secondary N) is 1. The fourth-order valence-electron chi connectivity index (χ4n) is 1.58. The predicted molar refractivity (Wildman–Crippen MR) is 74.5 cm³/mol. The van der Waals surface area contributed by atoms with Gasteiger partial charge in [0.05, 0.1) is 0 Å². The smallest absolute Gasteiger partial charge is 0.275 e. The van der Waals surface area contributed by atoms with Crippen LogP contribution in [0.2, 0.25) is 5.02 Å². The maximum absolute atomic E-state index is 11.8. The van der Waals surface area contributed by atoms with Crippen molar-refractivity contribution in [2.45, 2.75) is 20.8 Å². The summed E-state index contributed by atoms with van der Waals surface area (Å²) in [5.74, 6) is 0.528. The molecule has 18 heavy (non-hydrogen) atoms. The van der Waals surface area contributed by atoms with Gasteiger partial charge < -0.3 is 5.32 Å². The number of aliphatic imine (C=N–C) groups is 1. The molecule has 0 radical (unpaired) electrons. The van der Waals surface area contributed by atoms with Crippen molar-refractivity contribution in [3.8, 4) is 0 Å². The number of nitrogens with zero attached hydrogens (tertiary/aromatic N) is 1. The van der Waals surface area contributed by atoms with E-state index in [-0.39, 0.29) is 11.3 Å². The minimum Gasteiger partial charge on any atom is -0.308 e. The van der Waals surface area contributed by atoms with Crippen LogP contribution in [-0.4, -0.2) is 11.7 Å². The number of benzene rings is 1. The molecule has 0 saturated heterocycles. The van der Waals surface area contributed by atoms with Crippen molar-refractivity contribution >= 4 is 29.4 Å². The number of carbonyl (C=O) groups excluding carboxylic acids is 1. The zero-order valence-electron chi connectivity index (χ0n) is 10.6. The molecule has 1 amide bonds. The summed E-state index contributed by atoms with van der Waals surface area (Å²) in [7, 11) is 0. The molecule has 0 unspecified atom stereocenters. The molecular weight excluding hydrogens is 248 g/mol. The van der Waals surface area contributed by atoms with Gasteiger partial charge in [-0.3, -0.25) is 4.79 Å². The third kappa shape index (κ3) is 2.79. The third-order valence-electron chi connectivity index (χ3n) is 2.56. The molecule has 0 bridgehead atoms. The molecule has 94 valence electrons. The molecule has 0 spiro atoms. The molecule has 1 aliphatic rings.